The predicted octanol–water partition coefficient (Wildman–Crippen LogP) is 2.22. The molecule has 1 aliphatic carbocycles. The van der Waals surface area contributed by atoms with Crippen molar-refractivity contribution in [2.45, 2.75) is 48.6 Å². The molecule has 7 heteroatoms. The molecule has 1 saturated heterocycles. The summed E-state index contributed by atoms with van der Waals surface area (Å²) in [6, 6.07) is 12.3. The van der Waals surface area contributed by atoms with Crippen LogP contribution in [-0.2, 0) is 34.1 Å². The zero-order valence-electron chi connectivity index (χ0n) is 17.5. The maximum absolute atomic E-state index is 13.2. The van der Waals surface area contributed by atoms with E-state index in [1.807, 2.05) is 24.1 Å². The molecule has 0 saturated carbocycles. The zero-order chi connectivity index (χ0) is 21.6. The second-order valence-electron chi connectivity index (χ2n) is 8.77. The molecule has 6 nitrogen and oxygen atoms in total. The second-order valence-corrected chi connectivity index (χ2v) is 9.71. The molecule has 1 heterocycles. The van der Waals surface area contributed by atoms with Gasteiger partial charge in [0.25, 0.3) is 0 Å². The van der Waals surface area contributed by atoms with Crippen molar-refractivity contribution in [2.75, 3.05) is 20.6 Å². The van der Waals surface area contributed by atoms with Crippen LogP contribution >= 0.6 is 0 Å². The highest BCUT2D eigenvalue weighted by atomic mass is 32.2. The molecule has 2 bridgehead atoms. The van der Waals surface area contributed by atoms with Crippen LogP contribution in [0.15, 0.2) is 47.4 Å². The van der Waals surface area contributed by atoms with Crippen molar-refractivity contribution in [1.29, 1.82) is 0 Å². The minimum absolute atomic E-state index is 0.00567. The normalized spacial score (nSPS) is 26.7. The molecule has 1 amide bonds. The summed E-state index contributed by atoms with van der Waals surface area (Å²) in [4.78, 5) is 17.6. The fourth-order valence-corrected chi connectivity index (χ4v) is 5.67. The maximum Gasteiger partial charge on any atom is 0.227 e. The van der Waals surface area contributed by atoms with E-state index in [-0.39, 0.29) is 40.5 Å². The van der Waals surface area contributed by atoms with Crippen molar-refractivity contribution >= 4 is 17.0 Å². The van der Waals surface area contributed by atoms with Crippen LogP contribution in [0.5, 0.6) is 5.75 Å². The minimum atomic E-state index is -2.27. The first kappa shape index (κ1) is 21.0. The van der Waals surface area contributed by atoms with Gasteiger partial charge in [-0.25, -0.2) is 0 Å². The third kappa shape index (κ3) is 3.55. The van der Waals surface area contributed by atoms with E-state index in [9.17, 15) is 18.7 Å². The Morgan fingerprint density at radius 3 is 2.67 bits per heavy atom. The number of rotatable bonds is 4. The van der Waals surface area contributed by atoms with E-state index in [0.717, 1.165) is 30.5 Å². The Kier molecular flexibility index (Phi) is 5.46. The molecule has 2 aromatic carbocycles. The zero-order valence-corrected chi connectivity index (χ0v) is 18.3. The number of carbonyl (C=O) groups excluding carboxylic acids is 1. The van der Waals surface area contributed by atoms with E-state index in [0.29, 0.717) is 0 Å². The largest absolute Gasteiger partial charge is 0.768 e. The number of hydrogen-bond acceptors (Lipinski definition) is 5. The van der Waals surface area contributed by atoms with Crippen LogP contribution in [0.2, 0.25) is 0 Å². The van der Waals surface area contributed by atoms with E-state index >= 15 is 0 Å². The number of benzene rings is 2. The molecule has 0 spiro atoms. The van der Waals surface area contributed by atoms with E-state index < -0.39 is 11.1 Å². The topological polar surface area (TPSA) is 83.9 Å². The van der Waals surface area contributed by atoms with Gasteiger partial charge in [-0.3, -0.25) is 9.00 Å². The lowest BCUT2D eigenvalue weighted by Gasteiger charge is -2.57. The number of carbonyl (C=O) groups is 1. The second kappa shape index (κ2) is 7.80. The standard InChI is InChI=1S/C23H28N2O4S/c1-23-10-11-24(2)20(13-16-6-7-17(26)14-19(16)23)22(23)25(3)21(27)12-15-4-8-18(9-5-15)30(28)29/h4-9,14,20,22,26H,10-13H2,1-3H3,(H,28,29)/p-1. The number of nitrogens with zero attached hydrogens (tertiary/aromatic N) is 2. The molecule has 1 N–H and O–H groups in total. The first-order valence-corrected chi connectivity index (χ1v) is 11.2. The van der Waals surface area contributed by atoms with Crippen LogP contribution in [0.25, 0.3) is 0 Å². The number of likely N-dealkylation sites (N-methyl/N-ethyl adjacent to an activating group) is 2. The van der Waals surface area contributed by atoms with Crippen molar-refractivity contribution in [1.82, 2.24) is 9.80 Å². The van der Waals surface area contributed by atoms with Crippen LogP contribution in [0.3, 0.4) is 0 Å². The third-order valence-electron chi connectivity index (χ3n) is 6.99. The summed E-state index contributed by atoms with van der Waals surface area (Å²) in [5.74, 6) is 0.266. The highest BCUT2D eigenvalue weighted by Crippen LogP contribution is 2.47. The fraction of sp³-hybridized carbons (Fsp3) is 0.435. The Labute approximate surface area is 179 Å². The number of phenols is 1. The molecule has 30 heavy (non-hydrogen) atoms. The van der Waals surface area contributed by atoms with Gasteiger partial charge in [0.2, 0.25) is 5.91 Å². The average molecular weight is 428 g/mol. The summed E-state index contributed by atoms with van der Waals surface area (Å²) < 4.78 is 22.1. The number of fused-ring (bicyclic) bond motifs is 4. The van der Waals surface area contributed by atoms with E-state index in [4.69, 9.17) is 0 Å². The Bertz CT molecular complexity index is 993. The molecule has 2 aliphatic rings. The maximum atomic E-state index is 13.2. The summed E-state index contributed by atoms with van der Waals surface area (Å²) >= 11 is -2.27. The van der Waals surface area contributed by atoms with Gasteiger partial charge in [-0.15, -0.1) is 0 Å². The number of hydrogen-bond donors (Lipinski definition) is 1. The molecule has 0 aromatic heterocycles. The van der Waals surface area contributed by atoms with Crippen LogP contribution < -0.4 is 0 Å². The van der Waals surface area contributed by atoms with E-state index in [1.165, 1.54) is 17.7 Å². The lowest BCUT2D eigenvalue weighted by atomic mass is 9.61. The molecule has 1 aliphatic heterocycles. The summed E-state index contributed by atoms with van der Waals surface area (Å²) in [7, 11) is 3.98. The fourth-order valence-electron chi connectivity index (χ4n) is 5.31. The van der Waals surface area contributed by atoms with Gasteiger partial charge in [0.05, 0.1) is 12.5 Å². The Morgan fingerprint density at radius 2 is 2.00 bits per heavy atom. The van der Waals surface area contributed by atoms with Gasteiger partial charge in [-0.2, -0.15) is 0 Å². The predicted molar refractivity (Wildman–Crippen MR) is 114 cm³/mol. The van der Waals surface area contributed by atoms with Crippen molar-refractivity contribution in [3.8, 4) is 5.75 Å². The van der Waals surface area contributed by atoms with Crippen LogP contribution in [-0.4, -0.2) is 62.3 Å². The van der Waals surface area contributed by atoms with Gasteiger partial charge in [-0.05, 0) is 78.5 Å². The first-order valence-electron chi connectivity index (χ1n) is 10.2. The molecule has 160 valence electrons. The molecule has 4 unspecified atom stereocenters. The summed E-state index contributed by atoms with van der Waals surface area (Å²) in [6.45, 7) is 3.15. The molecular weight excluding hydrogens is 400 g/mol. The van der Waals surface area contributed by atoms with Crippen LogP contribution in [0.1, 0.15) is 30.0 Å². The van der Waals surface area contributed by atoms with Gasteiger partial charge in [0.1, 0.15) is 5.75 Å². The molecule has 4 rings (SSSR count). The lowest BCUT2D eigenvalue weighted by molar-refractivity contribution is -0.136. The van der Waals surface area contributed by atoms with Crippen LogP contribution in [0, 0.1) is 0 Å². The quantitative estimate of drug-likeness (QED) is 0.757. The first-order chi connectivity index (χ1) is 14.2. The highest BCUT2D eigenvalue weighted by molar-refractivity contribution is 7.79. The van der Waals surface area contributed by atoms with E-state index in [1.54, 1.807) is 18.2 Å². The Morgan fingerprint density at radius 1 is 1.30 bits per heavy atom. The minimum Gasteiger partial charge on any atom is -0.768 e. The van der Waals surface area contributed by atoms with Crippen molar-refractivity contribution in [3.63, 3.8) is 0 Å². The number of piperidine rings is 1. The number of likely N-dealkylation sites (tertiary alicyclic amines) is 1. The number of phenolic OH excluding ortho intramolecular Hbond substituents is 1. The van der Waals surface area contributed by atoms with Crippen molar-refractivity contribution < 1.29 is 18.7 Å². The Hall–Kier alpha value is -2.22. The molecular formula is C23H27N2O4S-. The molecule has 4 atom stereocenters. The smallest absolute Gasteiger partial charge is 0.227 e. The van der Waals surface area contributed by atoms with E-state index in [2.05, 4.69) is 18.9 Å². The Balaban J connectivity index is 1.63. The molecule has 0 radical (unpaired) electrons. The van der Waals surface area contributed by atoms with Gasteiger partial charge >= 0.3 is 0 Å². The summed E-state index contributed by atoms with van der Waals surface area (Å²) in [5, 5.41) is 10.1. The monoisotopic (exact) mass is 427 g/mol. The molecule has 1 fully saturated rings. The summed E-state index contributed by atoms with van der Waals surface area (Å²) in [5.41, 5.74) is 2.93. The van der Waals surface area contributed by atoms with Crippen molar-refractivity contribution in [2.24, 2.45) is 0 Å². The number of aromatic hydroxyl groups is 1. The molecule has 2 aromatic rings. The average Bonchev–Trinajstić information content (AvgIpc) is 2.71. The van der Waals surface area contributed by atoms with Gasteiger partial charge in [-0.1, -0.05) is 25.1 Å². The van der Waals surface area contributed by atoms with Gasteiger partial charge < -0.3 is 19.5 Å². The SMILES string of the molecule is CN1CCC2(C)c3cc(O)ccc3CC1C2N(C)C(=O)Cc1ccc(S(=O)[O-])cc1. The van der Waals surface area contributed by atoms with Gasteiger partial charge in [0, 0.05) is 23.4 Å². The van der Waals surface area contributed by atoms with Gasteiger partial charge in [0.15, 0.2) is 0 Å². The van der Waals surface area contributed by atoms with Crippen molar-refractivity contribution in [3.05, 3.63) is 59.2 Å². The lowest BCUT2D eigenvalue weighted by Crippen LogP contribution is -2.67. The third-order valence-corrected chi connectivity index (χ3v) is 7.64. The highest BCUT2D eigenvalue weighted by Gasteiger charge is 2.52. The number of amides is 1. The summed E-state index contributed by atoms with van der Waals surface area (Å²) in [6.07, 6.45) is 1.97. The van der Waals surface area contributed by atoms with Crippen LogP contribution in [0.4, 0.5) is 0 Å².